The molecular weight excluding hydrogens is 1830 g/mol. The zero-order valence-electron chi connectivity index (χ0n) is 80.8. The predicted octanol–water partition coefficient (Wildman–Crippen LogP) is 35.8. The zero-order valence-corrected chi connectivity index (χ0v) is 80.8. The molecule has 0 radical (unpaired) electrons. The molecule has 0 N–H and O–H groups in total. The Bertz CT molecular complexity index is 9330. The minimum absolute atomic E-state index is 0.603. The van der Waals surface area contributed by atoms with Crippen LogP contribution >= 0.6 is 0 Å². The van der Waals surface area contributed by atoms with Gasteiger partial charge >= 0.3 is 0 Å². The summed E-state index contributed by atoms with van der Waals surface area (Å²) in [4.78, 5) is 35.5. The van der Waals surface area contributed by atoms with E-state index in [1.165, 1.54) is 65.4 Å². The van der Waals surface area contributed by atoms with Crippen LogP contribution in [0.2, 0.25) is 0 Å². The number of para-hydroxylation sites is 6. The van der Waals surface area contributed by atoms with Crippen LogP contribution in [0.15, 0.2) is 535 Å². The van der Waals surface area contributed by atoms with Gasteiger partial charge in [0.2, 0.25) is 0 Å². The smallest absolute Gasteiger partial charge is 0.164 e. The lowest BCUT2D eigenvalue weighted by Crippen LogP contribution is -2.00. The number of furan rings is 3. The summed E-state index contributed by atoms with van der Waals surface area (Å²) in [6.07, 6.45) is 0. The molecule has 13 nitrogen and oxygen atoms in total. The molecule has 30 rings (SSSR count). The Morgan fingerprint density at radius 3 is 0.700 bits per heavy atom. The molecule has 150 heavy (non-hydrogen) atoms. The number of hydrogen-bond acceptors (Lipinski definition) is 10. The minimum atomic E-state index is 0.603. The first-order valence-corrected chi connectivity index (χ1v) is 50.4. The molecule has 30 aromatic rings. The van der Waals surface area contributed by atoms with Crippen LogP contribution in [-0.2, 0) is 0 Å². The summed E-state index contributed by atoms with van der Waals surface area (Å²) in [7, 11) is 0. The highest BCUT2D eigenvalue weighted by molar-refractivity contribution is 6.19. The van der Waals surface area contributed by atoms with Crippen LogP contribution < -0.4 is 0 Å². The first kappa shape index (κ1) is 87.4. The van der Waals surface area contributed by atoms with Crippen molar-refractivity contribution in [1.29, 1.82) is 0 Å². The second-order valence-corrected chi connectivity index (χ2v) is 37.7. The molecule has 0 aliphatic rings. The number of aromatic nitrogens is 10. The summed E-state index contributed by atoms with van der Waals surface area (Å²) >= 11 is 0. The molecule has 13 heteroatoms. The number of nitrogens with zero attached hydrogens (tertiary/aromatic N) is 10. The summed E-state index contributed by atoms with van der Waals surface area (Å²) in [6.45, 7) is 0. The van der Waals surface area contributed by atoms with Gasteiger partial charge in [0, 0.05) is 132 Å². The Morgan fingerprint density at radius 2 is 0.367 bits per heavy atom. The molecule has 0 saturated carbocycles. The topological polar surface area (TPSA) is 144 Å². The lowest BCUT2D eigenvalue weighted by molar-refractivity contribution is 0.668. The molecule has 0 unspecified atom stereocenters. The Labute approximate surface area is 861 Å². The molecule has 702 valence electrons. The highest BCUT2D eigenvalue weighted by Crippen LogP contribution is 2.47. The summed E-state index contributed by atoms with van der Waals surface area (Å²) in [5.41, 5.74) is 34.6. The van der Waals surface area contributed by atoms with Gasteiger partial charge in [-0.2, -0.15) is 0 Å². The van der Waals surface area contributed by atoms with Crippen molar-refractivity contribution >= 4 is 131 Å². The van der Waals surface area contributed by atoms with Crippen molar-refractivity contribution in [3.8, 4) is 152 Å². The molecule has 0 bridgehead atoms. The van der Waals surface area contributed by atoms with Gasteiger partial charge in [0.1, 0.15) is 33.5 Å². The average Bonchev–Trinajstić information content (AvgIpc) is 1.59. The van der Waals surface area contributed by atoms with E-state index in [-0.39, 0.29) is 0 Å². The van der Waals surface area contributed by atoms with E-state index in [0.29, 0.717) is 29.1 Å². The van der Waals surface area contributed by atoms with Crippen LogP contribution in [0.5, 0.6) is 0 Å². The van der Waals surface area contributed by atoms with Crippen molar-refractivity contribution in [2.75, 3.05) is 0 Å². The second kappa shape index (κ2) is 37.1. The first-order valence-electron chi connectivity index (χ1n) is 50.4. The van der Waals surface area contributed by atoms with Crippen LogP contribution in [-0.4, -0.2) is 48.6 Å². The Balaban J connectivity index is 0.000000108. The Hall–Kier alpha value is -20.4. The van der Waals surface area contributed by atoms with Gasteiger partial charge < -0.3 is 27.0 Å². The molecule has 0 fully saturated rings. The third-order valence-corrected chi connectivity index (χ3v) is 28.7. The maximum Gasteiger partial charge on any atom is 0.164 e. The van der Waals surface area contributed by atoms with Crippen molar-refractivity contribution in [1.82, 2.24) is 48.6 Å². The highest BCUT2D eigenvalue weighted by atomic mass is 16.3. The normalized spacial score (nSPS) is 11.6. The van der Waals surface area contributed by atoms with Gasteiger partial charge in [0.25, 0.3) is 0 Å². The van der Waals surface area contributed by atoms with E-state index < -0.39 is 0 Å². The molecule has 0 aliphatic heterocycles. The van der Waals surface area contributed by atoms with E-state index >= 15 is 0 Å². The largest absolute Gasteiger partial charge is 0.456 e. The Kier molecular flexibility index (Phi) is 21.6. The zero-order chi connectivity index (χ0) is 99.1. The standard InChI is InChI=1S/2C46H29N3O.C45H28N4O/c1-4-13-30(14-5-1)39-29-40(48-46(47-39)31-15-6-2-7-16-31)36-20-12-22-44-45(36)38-28-33(24-26-43(38)50-44)32-23-25-42-37(27-32)35-19-10-11-21-41(35)49(42)34-17-8-3-9-18-34;1-4-13-30(14-5-1)39-29-40(31-15-6-2-7-16-31)48-46(47-39)36-20-12-22-44-45(36)38-28-33(24-26-43(38)50-44)32-23-25-42-37(27-32)35-19-10-11-21-41(35)49(42)34-17-8-3-9-18-34;1-4-13-29(14-5-1)43-46-44(30-15-6-2-7-16-30)48-45(47-43)35-20-12-22-41-42(35)37-28-32(24-26-40(37)50-41)31-23-25-39-36(27-31)34-19-10-11-21-38(34)49(39)33-17-8-3-9-18-33/h2*1-29H;1-28H. The lowest BCUT2D eigenvalue weighted by atomic mass is 9.98. The van der Waals surface area contributed by atoms with E-state index in [0.717, 1.165) is 189 Å². The van der Waals surface area contributed by atoms with Gasteiger partial charge in [-0.05, 0) is 191 Å². The van der Waals surface area contributed by atoms with Crippen molar-refractivity contribution in [3.05, 3.63) is 522 Å². The quantitative estimate of drug-likeness (QED) is 0.0972. The lowest BCUT2D eigenvalue weighted by Gasteiger charge is -2.10. The fourth-order valence-corrected chi connectivity index (χ4v) is 21.7. The fraction of sp³-hybridized carbons (Fsp3) is 0. The monoisotopic (exact) mass is 1920 g/mol. The molecule has 9 heterocycles. The van der Waals surface area contributed by atoms with E-state index in [1.54, 1.807) is 0 Å². The van der Waals surface area contributed by atoms with Crippen molar-refractivity contribution < 1.29 is 13.3 Å². The highest BCUT2D eigenvalue weighted by Gasteiger charge is 2.26. The van der Waals surface area contributed by atoms with Crippen LogP contribution in [0.3, 0.4) is 0 Å². The van der Waals surface area contributed by atoms with Gasteiger partial charge in [-0.25, -0.2) is 34.9 Å². The van der Waals surface area contributed by atoms with Crippen molar-refractivity contribution in [2.24, 2.45) is 0 Å². The van der Waals surface area contributed by atoms with Gasteiger partial charge in [-0.1, -0.05) is 364 Å². The fourth-order valence-electron chi connectivity index (χ4n) is 21.7. The number of fused-ring (bicyclic) bond motifs is 18. The summed E-state index contributed by atoms with van der Waals surface area (Å²) in [5, 5.41) is 13.5. The average molecular weight is 1920 g/mol. The van der Waals surface area contributed by atoms with Gasteiger partial charge in [-0.3, -0.25) is 0 Å². The summed E-state index contributed by atoms with van der Waals surface area (Å²) in [6, 6.07) is 181. The second-order valence-electron chi connectivity index (χ2n) is 37.7. The van der Waals surface area contributed by atoms with E-state index in [2.05, 4.69) is 366 Å². The predicted molar refractivity (Wildman–Crippen MR) is 614 cm³/mol. The van der Waals surface area contributed by atoms with Crippen LogP contribution in [0, 0.1) is 0 Å². The third kappa shape index (κ3) is 15.7. The maximum atomic E-state index is 6.47. The van der Waals surface area contributed by atoms with Crippen LogP contribution in [0.4, 0.5) is 0 Å². The number of rotatable bonds is 15. The summed E-state index contributed by atoms with van der Waals surface area (Å²) in [5.74, 6) is 3.21. The first-order chi connectivity index (χ1) is 74.3. The van der Waals surface area contributed by atoms with Gasteiger partial charge in [0.15, 0.2) is 29.1 Å². The third-order valence-electron chi connectivity index (χ3n) is 28.7. The van der Waals surface area contributed by atoms with E-state index in [9.17, 15) is 0 Å². The summed E-state index contributed by atoms with van der Waals surface area (Å²) < 4.78 is 26.4. The molecule has 0 spiro atoms. The van der Waals surface area contributed by atoms with Gasteiger partial charge in [-0.15, -0.1) is 0 Å². The van der Waals surface area contributed by atoms with Crippen molar-refractivity contribution in [3.63, 3.8) is 0 Å². The molecular formula is C137H86N10O3. The SMILES string of the molecule is c1ccc(-c2cc(-c3cccc4oc5ccc(-c6ccc7c(c6)c6ccccc6n7-c6ccccc6)cc5c34)nc(-c3ccccc3)n2)cc1.c1ccc(-c2cc(-c3ccccc3)nc(-c3cccc4oc5ccc(-c6ccc7c(c6)c6ccccc6n7-c6ccccc6)cc5c34)n2)cc1.c1ccc(-c2nc(-c3ccccc3)nc(-c3cccc4oc5ccc(-c6ccc7c(c6)c6ccccc6n7-c6ccccc6)cc5c34)n2)cc1. The van der Waals surface area contributed by atoms with Crippen LogP contribution in [0.1, 0.15) is 0 Å². The molecule has 0 amide bonds. The van der Waals surface area contributed by atoms with E-state index in [4.69, 9.17) is 48.1 Å². The number of benzene rings is 21. The molecule has 21 aromatic carbocycles. The minimum Gasteiger partial charge on any atom is -0.456 e. The molecule has 0 aliphatic carbocycles. The van der Waals surface area contributed by atoms with Crippen LogP contribution in [0.25, 0.3) is 284 Å². The molecule has 9 aromatic heterocycles. The van der Waals surface area contributed by atoms with E-state index in [1.807, 2.05) is 170 Å². The molecule has 0 saturated heterocycles. The maximum absolute atomic E-state index is 6.47. The molecule has 0 atom stereocenters. The number of hydrogen-bond donors (Lipinski definition) is 0. The Morgan fingerprint density at radius 1 is 0.133 bits per heavy atom. The van der Waals surface area contributed by atoms with Crippen molar-refractivity contribution in [2.45, 2.75) is 0 Å². The van der Waals surface area contributed by atoms with Gasteiger partial charge in [0.05, 0.1) is 55.9 Å².